The van der Waals surface area contributed by atoms with E-state index in [2.05, 4.69) is 5.32 Å². The number of anilines is 1. The number of Topliss-reactive ketones (excluding diaryl/α,β-unsaturated/α-hetero) is 1. The topological polar surface area (TPSA) is 66.5 Å². The summed E-state index contributed by atoms with van der Waals surface area (Å²) in [5.41, 5.74) is 2.92. The summed E-state index contributed by atoms with van der Waals surface area (Å²) in [6.07, 6.45) is 5.63. The van der Waals surface area contributed by atoms with Gasteiger partial charge < -0.3 is 10.2 Å². The number of fused-ring (bicyclic) bond motifs is 1. The molecule has 1 N–H and O–H groups in total. The molecule has 5 nitrogen and oxygen atoms in total. The highest BCUT2D eigenvalue weighted by atomic mass is 16.2. The number of carbonyl (C=O) groups excluding carboxylic acids is 3. The van der Waals surface area contributed by atoms with Crippen LogP contribution in [0, 0.1) is 0 Å². The molecule has 0 bridgehead atoms. The maximum atomic E-state index is 13.1. The van der Waals surface area contributed by atoms with Crippen LogP contribution in [-0.4, -0.2) is 28.5 Å². The van der Waals surface area contributed by atoms with E-state index in [1.165, 1.54) is 13.3 Å². The van der Waals surface area contributed by atoms with E-state index in [0.717, 1.165) is 31.2 Å². The van der Waals surface area contributed by atoms with Crippen LogP contribution in [-0.2, 0) is 6.54 Å². The predicted octanol–water partition coefficient (Wildman–Crippen LogP) is 4.43. The molecule has 4 rings (SSSR count). The number of amides is 2. The average molecular weight is 376 g/mol. The van der Waals surface area contributed by atoms with E-state index in [1.54, 1.807) is 30.3 Å². The number of nitrogens with one attached hydrogen (secondary N) is 1. The lowest BCUT2D eigenvalue weighted by molar-refractivity contribution is 0.0657. The summed E-state index contributed by atoms with van der Waals surface area (Å²) in [7, 11) is 0. The second-order valence-corrected chi connectivity index (χ2v) is 7.66. The Balaban J connectivity index is 1.58. The van der Waals surface area contributed by atoms with Gasteiger partial charge in [0.25, 0.3) is 11.8 Å². The molecule has 1 aliphatic carbocycles. The highest BCUT2D eigenvalue weighted by molar-refractivity contribution is 6.14. The zero-order valence-corrected chi connectivity index (χ0v) is 16.0. The molecule has 2 aromatic rings. The first-order chi connectivity index (χ1) is 13.5. The number of carbonyl (C=O) groups is 3. The smallest absolute Gasteiger partial charge is 0.256 e. The molecule has 1 heterocycles. The molecule has 2 amide bonds. The van der Waals surface area contributed by atoms with Crippen molar-refractivity contribution in [3.05, 3.63) is 64.7 Å². The number of rotatable bonds is 4. The molecular weight excluding hydrogens is 352 g/mol. The van der Waals surface area contributed by atoms with Crippen molar-refractivity contribution in [2.75, 3.05) is 5.32 Å². The fourth-order valence-electron chi connectivity index (χ4n) is 4.27. The molecule has 1 saturated carbocycles. The number of benzene rings is 2. The van der Waals surface area contributed by atoms with Gasteiger partial charge in [-0.2, -0.15) is 0 Å². The van der Waals surface area contributed by atoms with Crippen LogP contribution in [0.2, 0.25) is 0 Å². The summed E-state index contributed by atoms with van der Waals surface area (Å²) in [5.74, 6) is -0.420. The van der Waals surface area contributed by atoms with Crippen LogP contribution in [0.15, 0.2) is 42.5 Å². The molecule has 0 saturated heterocycles. The van der Waals surface area contributed by atoms with Crippen molar-refractivity contribution in [3.63, 3.8) is 0 Å². The Hall–Kier alpha value is -2.95. The summed E-state index contributed by atoms with van der Waals surface area (Å²) in [6, 6.07) is 12.6. The number of hydrogen-bond acceptors (Lipinski definition) is 3. The van der Waals surface area contributed by atoms with Gasteiger partial charge in [0.1, 0.15) is 0 Å². The number of nitrogens with zero attached hydrogens (tertiary/aromatic N) is 1. The van der Waals surface area contributed by atoms with Crippen LogP contribution in [0.1, 0.15) is 75.7 Å². The van der Waals surface area contributed by atoms with Gasteiger partial charge in [-0.3, -0.25) is 14.4 Å². The van der Waals surface area contributed by atoms with Crippen molar-refractivity contribution in [3.8, 4) is 0 Å². The van der Waals surface area contributed by atoms with E-state index in [-0.39, 0.29) is 23.6 Å². The van der Waals surface area contributed by atoms with Crippen LogP contribution in [0.3, 0.4) is 0 Å². The summed E-state index contributed by atoms with van der Waals surface area (Å²) in [4.78, 5) is 39.5. The van der Waals surface area contributed by atoms with Crippen molar-refractivity contribution in [1.29, 1.82) is 0 Å². The fourth-order valence-corrected chi connectivity index (χ4v) is 4.27. The highest BCUT2D eigenvalue weighted by Crippen LogP contribution is 2.32. The van der Waals surface area contributed by atoms with Gasteiger partial charge in [-0.25, -0.2) is 0 Å². The first kappa shape index (κ1) is 18.4. The Morgan fingerprint density at radius 1 is 1.04 bits per heavy atom. The minimum atomic E-state index is -0.323. The van der Waals surface area contributed by atoms with Crippen LogP contribution in [0.25, 0.3) is 0 Å². The first-order valence-electron chi connectivity index (χ1n) is 9.90. The maximum absolute atomic E-state index is 13.1. The zero-order chi connectivity index (χ0) is 19.7. The van der Waals surface area contributed by atoms with Gasteiger partial charge in [-0.05, 0) is 43.5 Å². The van der Waals surface area contributed by atoms with Crippen molar-refractivity contribution in [1.82, 2.24) is 4.90 Å². The van der Waals surface area contributed by atoms with E-state index in [4.69, 9.17) is 0 Å². The van der Waals surface area contributed by atoms with E-state index in [0.29, 0.717) is 28.9 Å². The Labute approximate surface area is 164 Å². The van der Waals surface area contributed by atoms with Crippen LogP contribution < -0.4 is 5.32 Å². The van der Waals surface area contributed by atoms with Gasteiger partial charge >= 0.3 is 0 Å². The first-order valence-corrected chi connectivity index (χ1v) is 9.90. The van der Waals surface area contributed by atoms with Crippen molar-refractivity contribution < 1.29 is 14.4 Å². The molecule has 2 aromatic carbocycles. The lowest BCUT2D eigenvalue weighted by atomic mass is 9.94. The largest absolute Gasteiger partial charge is 0.331 e. The third-order valence-electron chi connectivity index (χ3n) is 5.75. The molecule has 0 radical (unpaired) electrons. The second-order valence-electron chi connectivity index (χ2n) is 7.66. The molecule has 1 fully saturated rings. The van der Waals surface area contributed by atoms with Crippen LogP contribution in [0.5, 0.6) is 0 Å². The van der Waals surface area contributed by atoms with Crippen molar-refractivity contribution in [2.45, 2.75) is 51.6 Å². The van der Waals surface area contributed by atoms with E-state index in [1.807, 2.05) is 17.0 Å². The summed E-state index contributed by atoms with van der Waals surface area (Å²) in [6.45, 7) is 2.07. The minimum Gasteiger partial charge on any atom is -0.331 e. The third-order valence-corrected chi connectivity index (χ3v) is 5.75. The van der Waals surface area contributed by atoms with Gasteiger partial charge in [0.2, 0.25) is 0 Å². The van der Waals surface area contributed by atoms with Crippen molar-refractivity contribution in [2.24, 2.45) is 0 Å². The lowest BCUT2D eigenvalue weighted by Crippen LogP contribution is -2.37. The SMILES string of the molecule is CC(=O)c1cccc(NC(=O)c2cccc3c2C(=O)N(C2CCCCC2)C3)c1. The molecule has 1 aliphatic heterocycles. The monoisotopic (exact) mass is 376 g/mol. The zero-order valence-electron chi connectivity index (χ0n) is 16.0. The quantitative estimate of drug-likeness (QED) is 0.803. The molecule has 0 unspecified atom stereocenters. The molecular formula is C23H24N2O3. The second kappa shape index (κ2) is 7.58. The van der Waals surface area contributed by atoms with Crippen molar-refractivity contribution >= 4 is 23.3 Å². The van der Waals surface area contributed by atoms with Gasteiger partial charge in [0, 0.05) is 23.8 Å². The molecule has 144 valence electrons. The van der Waals surface area contributed by atoms with Gasteiger partial charge in [0.15, 0.2) is 5.78 Å². The average Bonchev–Trinajstić information content (AvgIpc) is 3.05. The van der Waals surface area contributed by atoms with Crippen LogP contribution in [0.4, 0.5) is 5.69 Å². The lowest BCUT2D eigenvalue weighted by Gasteiger charge is -2.30. The fraction of sp³-hybridized carbons (Fsp3) is 0.348. The van der Waals surface area contributed by atoms with E-state index in [9.17, 15) is 14.4 Å². The number of ketones is 1. The highest BCUT2D eigenvalue weighted by Gasteiger charge is 2.36. The maximum Gasteiger partial charge on any atom is 0.256 e. The Bertz CT molecular complexity index is 945. The predicted molar refractivity (Wildman–Crippen MR) is 108 cm³/mol. The molecule has 0 spiro atoms. The summed E-state index contributed by atoms with van der Waals surface area (Å²) < 4.78 is 0. The normalized spacial score (nSPS) is 16.8. The number of hydrogen-bond donors (Lipinski definition) is 1. The molecule has 28 heavy (non-hydrogen) atoms. The minimum absolute atomic E-state index is 0.0369. The Kier molecular flexibility index (Phi) is 4.99. The van der Waals surface area contributed by atoms with Crippen LogP contribution >= 0.6 is 0 Å². The van der Waals surface area contributed by atoms with Gasteiger partial charge in [-0.15, -0.1) is 0 Å². The standard InChI is InChI=1S/C23H24N2O3/c1-15(26)16-7-5-9-18(13-16)24-22(27)20-12-6-8-17-14-25(23(28)21(17)20)19-10-3-2-4-11-19/h5-9,12-13,19H,2-4,10-11,14H2,1H3,(H,24,27). The molecule has 0 atom stereocenters. The Morgan fingerprint density at radius 3 is 2.54 bits per heavy atom. The van der Waals surface area contributed by atoms with Gasteiger partial charge in [-0.1, -0.05) is 43.5 Å². The molecule has 0 aromatic heterocycles. The van der Waals surface area contributed by atoms with E-state index < -0.39 is 0 Å². The Morgan fingerprint density at radius 2 is 1.79 bits per heavy atom. The molecule has 5 heteroatoms. The van der Waals surface area contributed by atoms with Gasteiger partial charge in [0.05, 0.1) is 11.1 Å². The molecule has 2 aliphatic rings. The van der Waals surface area contributed by atoms with E-state index >= 15 is 0 Å². The summed E-state index contributed by atoms with van der Waals surface area (Å²) >= 11 is 0. The third kappa shape index (κ3) is 3.44. The summed E-state index contributed by atoms with van der Waals surface area (Å²) in [5, 5.41) is 2.84.